The number of halogens is 1. The fourth-order valence-electron chi connectivity index (χ4n) is 2.58. The summed E-state index contributed by atoms with van der Waals surface area (Å²) in [5, 5.41) is 0. The highest BCUT2D eigenvalue weighted by atomic mass is 35.5. The minimum absolute atomic E-state index is 0. The van der Waals surface area contributed by atoms with Crippen molar-refractivity contribution in [2.24, 2.45) is 11.7 Å². The summed E-state index contributed by atoms with van der Waals surface area (Å²) in [4.78, 5) is 23.4. The molecule has 0 radical (unpaired) electrons. The van der Waals surface area contributed by atoms with Gasteiger partial charge in [-0.1, -0.05) is 0 Å². The molecule has 0 saturated carbocycles. The second-order valence-electron chi connectivity index (χ2n) is 5.48. The summed E-state index contributed by atoms with van der Waals surface area (Å²) in [5.74, 6) is -1.37. The van der Waals surface area contributed by atoms with Gasteiger partial charge in [0.05, 0.1) is 30.2 Å². The molecule has 1 aromatic carbocycles. The molecule has 8 nitrogen and oxygen atoms in total. The van der Waals surface area contributed by atoms with E-state index < -0.39 is 22.0 Å². The summed E-state index contributed by atoms with van der Waals surface area (Å²) in [5.41, 5.74) is 5.53. The van der Waals surface area contributed by atoms with Gasteiger partial charge in [-0.25, -0.2) is 18.0 Å². The van der Waals surface area contributed by atoms with Gasteiger partial charge in [0.1, 0.15) is 0 Å². The first-order valence-electron chi connectivity index (χ1n) is 7.35. The van der Waals surface area contributed by atoms with E-state index in [0.29, 0.717) is 26.1 Å². The molecule has 1 fully saturated rings. The zero-order valence-corrected chi connectivity index (χ0v) is 15.6. The molecule has 10 heteroatoms. The van der Waals surface area contributed by atoms with Crippen LogP contribution in [0.2, 0.25) is 0 Å². The van der Waals surface area contributed by atoms with Crippen molar-refractivity contribution in [1.29, 1.82) is 0 Å². The number of ether oxygens (including phenoxy) is 2. The summed E-state index contributed by atoms with van der Waals surface area (Å²) >= 11 is 0. The Morgan fingerprint density at radius 1 is 1.16 bits per heavy atom. The molecule has 2 rings (SSSR count). The summed E-state index contributed by atoms with van der Waals surface area (Å²) < 4.78 is 36.1. The summed E-state index contributed by atoms with van der Waals surface area (Å²) in [6.07, 6.45) is 0.677. The van der Waals surface area contributed by atoms with Crippen LogP contribution in [-0.4, -0.2) is 58.5 Å². The zero-order valence-electron chi connectivity index (χ0n) is 13.9. The molecule has 1 unspecified atom stereocenters. The van der Waals surface area contributed by atoms with E-state index >= 15 is 0 Å². The lowest BCUT2D eigenvalue weighted by molar-refractivity contribution is 0.0598. The standard InChI is InChI=1S/C15H20N2O6S.ClH/c1-22-14(18)11-5-12(15(19)23-2)7-13(6-11)24(20,21)17-4-3-10(8-16)9-17;/h5-7,10H,3-4,8-9,16H2,1-2H3;1H. The van der Waals surface area contributed by atoms with E-state index in [1.165, 1.54) is 36.7 Å². The maximum absolute atomic E-state index is 12.8. The average molecular weight is 393 g/mol. The lowest BCUT2D eigenvalue weighted by atomic mass is 10.1. The van der Waals surface area contributed by atoms with Crippen molar-refractivity contribution in [1.82, 2.24) is 4.31 Å². The van der Waals surface area contributed by atoms with Gasteiger partial charge in [0.15, 0.2) is 0 Å². The fraction of sp³-hybridized carbons (Fsp3) is 0.467. The lowest BCUT2D eigenvalue weighted by Crippen LogP contribution is -2.30. The second kappa shape index (κ2) is 8.61. The van der Waals surface area contributed by atoms with E-state index in [2.05, 4.69) is 9.47 Å². The van der Waals surface area contributed by atoms with Crippen molar-refractivity contribution < 1.29 is 27.5 Å². The van der Waals surface area contributed by atoms with E-state index in [4.69, 9.17) is 5.73 Å². The summed E-state index contributed by atoms with van der Waals surface area (Å²) in [7, 11) is -1.50. The fourth-order valence-corrected chi connectivity index (χ4v) is 4.18. The van der Waals surface area contributed by atoms with Crippen LogP contribution in [0.15, 0.2) is 23.1 Å². The van der Waals surface area contributed by atoms with Crippen molar-refractivity contribution in [2.75, 3.05) is 33.9 Å². The number of esters is 2. The van der Waals surface area contributed by atoms with Crippen LogP contribution in [-0.2, 0) is 19.5 Å². The van der Waals surface area contributed by atoms with Crippen molar-refractivity contribution in [3.8, 4) is 0 Å². The van der Waals surface area contributed by atoms with Gasteiger partial charge < -0.3 is 15.2 Å². The van der Waals surface area contributed by atoms with E-state index in [1.807, 2.05) is 0 Å². The van der Waals surface area contributed by atoms with E-state index in [9.17, 15) is 18.0 Å². The number of hydrogen-bond acceptors (Lipinski definition) is 7. The minimum Gasteiger partial charge on any atom is -0.465 e. The molecule has 0 aromatic heterocycles. The number of hydrogen-bond donors (Lipinski definition) is 1. The normalized spacial score (nSPS) is 17.6. The Balaban J connectivity index is 0.00000312. The van der Waals surface area contributed by atoms with Gasteiger partial charge in [-0.05, 0) is 37.1 Å². The molecule has 1 heterocycles. The highest BCUT2D eigenvalue weighted by Crippen LogP contribution is 2.26. The number of rotatable bonds is 5. The quantitative estimate of drug-likeness (QED) is 0.731. The van der Waals surface area contributed by atoms with Crippen molar-refractivity contribution >= 4 is 34.4 Å². The van der Waals surface area contributed by atoms with Gasteiger partial charge in [0, 0.05) is 13.1 Å². The Kier molecular flexibility index (Phi) is 7.36. The third-order valence-corrected chi connectivity index (χ3v) is 5.81. The lowest BCUT2D eigenvalue weighted by Gasteiger charge is -2.17. The molecule has 25 heavy (non-hydrogen) atoms. The van der Waals surface area contributed by atoms with Crippen molar-refractivity contribution in [2.45, 2.75) is 11.3 Å². The molecule has 1 saturated heterocycles. The van der Waals surface area contributed by atoms with Crippen LogP contribution >= 0.6 is 12.4 Å². The predicted octanol–water partition coefficient (Wildman–Crippen LogP) is 0.651. The molecule has 0 amide bonds. The number of carbonyl (C=O) groups excluding carboxylic acids is 2. The number of benzene rings is 1. The molecule has 2 N–H and O–H groups in total. The largest absolute Gasteiger partial charge is 0.465 e. The summed E-state index contributed by atoms with van der Waals surface area (Å²) in [6, 6.07) is 3.64. The Bertz CT molecular complexity index is 718. The topological polar surface area (TPSA) is 116 Å². The van der Waals surface area contributed by atoms with Crippen molar-refractivity contribution in [3.63, 3.8) is 0 Å². The van der Waals surface area contributed by atoms with Gasteiger partial charge in [-0.2, -0.15) is 4.31 Å². The van der Waals surface area contributed by atoms with Crippen LogP contribution < -0.4 is 5.73 Å². The molecule has 1 atom stereocenters. The summed E-state index contributed by atoms with van der Waals surface area (Å²) in [6.45, 7) is 1.07. The van der Waals surface area contributed by atoms with Gasteiger partial charge in [0.25, 0.3) is 0 Å². The number of carbonyl (C=O) groups is 2. The molecule has 0 spiro atoms. The van der Waals surface area contributed by atoms with E-state index in [0.717, 1.165) is 0 Å². The Labute approximate surface area is 152 Å². The number of sulfonamides is 1. The molecule has 1 aliphatic rings. The van der Waals surface area contributed by atoms with Crippen LogP contribution in [0.5, 0.6) is 0 Å². The van der Waals surface area contributed by atoms with Crippen LogP contribution in [0.4, 0.5) is 0 Å². The first-order valence-corrected chi connectivity index (χ1v) is 8.79. The Morgan fingerprint density at radius 2 is 1.68 bits per heavy atom. The van der Waals surface area contributed by atoms with Crippen molar-refractivity contribution in [3.05, 3.63) is 29.3 Å². The maximum atomic E-state index is 12.8. The average Bonchev–Trinajstić information content (AvgIpc) is 3.09. The number of nitrogens with two attached hydrogens (primary N) is 1. The Hall–Kier alpha value is -1.68. The molecule has 1 aliphatic heterocycles. The second-order valence-corrected chi connectivity index (χ2v) is 7.42. The first-order chi connectivity index (χ1) is 11.3. The predicted molar refractivity (Wildman–Crippen MR) is 92.3 cm³/mol. The van der Waals surface area contributed by atoms with Gasteiger partial charge >= 0.3 is 11.9 Å². The van der Waals surface area contributed by atoms with Gasteiger partial charge in [0.2, 0.25) is 10.0 Å². The zero-order chi connectivity index (χ0) is 17.9. The van der Waals surface area contributed by atoms with Crippen LogP contribution in [0.25, 0.3) is 0 Å². The van der Waals surface area contributed by atoms with Crippen LogP contribution in [0.3, 0.4) is 0 Å². The van der Waals surface area contributed by atoms with E-state index in [-0.39, 0.29) is 34.3 Å². The first kappa shape index (κ1) is 21.4. The Morgan fingerprint density at radius 3 is 2.08 bits per heavy atom. The molecular weight excluding hydrogens is 372 g/mol. The smallest absolute Gasteiger partial charge is 0.337 e. The van der Waals surface area contributed by atoms with Gasteiger partial charge in [-0.3, -0.25) is 0 Å². The van der Waals surface area contributed by atoms with Crippen LogP contribution in [0, 0.1) is 5.92 Å². The minimum atomic E-state index is -3.85. The molecule has 140 valence electrons. The molecule has 1 aromatic rings. The molecular formula is C15H21ClN2O6S. The SMILES string of the molecule is COC(=O)c1cc(C(=O)OC)cc(S(=O)(=O)N2CCC(CN)C2)c1.Cl. The monoisotopic (exact) mass is 392 g/mol. The number of methoxy groups -OCH3 is 2. The maximum Gasteiger partial charge on any atom is 0.337 e. The van der Waals surface area contributed by atoms with Gasteiger partial charge in [-0.15, -0.1) is 12.4 Å². The highest BCUT2D eigenvalue weighted by Gasteiger charge is 2.33. The van der Waals surface area contributed by atoms with E-state index in [1.54, 1.807) is 0 Å². The van der Waals surface area contributed by atoms with Crippen LogP contribution in [0.1, 0.15) is 27.1 Å². The molecule has 0 bridgehead atoms. The molecule has 0 aliphatic carbocycles. The number of nitrogens with zero attached hydrogens (tertiary/aromatic N) is 1. The third kappa shape index (κ3) is 4.49. The third-order valence-electron chi connectivity index (χ3n) is 3.97. The highest BCUT2D eigenvalue weighted by molar-refractivity contribution is 7.89.